The average molecular weight is 280 g/mol. The van der Waals surface area contributed by atoms with Crippen LogP contribution in [0.15, 0.2) is 29.2 Å². The standard InChI is InChI=1S/C14H20N2O2S/c1-18-12-5-2-6-13(8-12)19-10-14(17)16-9-11-4-3-7-15-11/h2,5-6,8,11,15H,3-4,7,9-10H2,1H3,(H,16,17). The number of hydrogen-bond acceptors (Lipinski definition) is 4. The second kappa shape index (κ2) is 7.40. The first-order chi connectivity index (χ1) is 9.28. The maximum absolute atomic E-state index is 11.7. The molecule has 1 fully saturated rings. The predicted molar refractivity (Wildman–Crippen MR) is 77.8 cm³/mol. The lowest BCUT2D eigenvalue weighted by atomic mass is 10.2. The molecule has 1 aliphatic heterocycles. The van der Waals surface area contributed by atoms with Crippen molar-refractivity contribution in [3.63, 3.8) is 0 Å². The van der Waals surface area contributed by atoms with Gasteiger partial charge in [0, 0.05) is 17.5 Å². The largest absolute Gasteiger partial charge is 0.497 e. The quantitative estimate of drug-likeness (QED) is 0.778. The molecule has 1 saturated heterocycles. The van der Waals surface area contributed by atoms with Gasteiger partial charge in [0.1, 0.15) is 5.75 Å². The van der Waals surface area contributed by atoms with Crippen LogP contribution in [0, 0.1) is 0 Å². The second-order valence-electron chi connectivity index (χ2n) is 4.57. The average Bonchev–Trinajstić information content (AvgIpc) is 2.96. The van der Waals surface area contributed by atoms with Gasteiger partial charge < -0.3 is 15.4 Å². The third kappa shape index (κ3) is 4.76. The van der Waals surface area contributed by atoms with Gasteiger partial charge in [-0.25, -0.2) is 0 Å². The molecule has 0 radical (unpaired) electrons. The fraction of sp³-hybridized carbons (Fsp3) is 0.500. The molecule has 1 heterocycles. The smallest absolute Gasteiger partial charge is 0.230 e. The van der Waals surface area contributed by atoms with Crippen LogP contribution >= 0.6 is 11.8 Å². The SMILES string of the molecule is COc1cccc(SCC(=O)NCC2CCCN2)c1. The van der Waals surface area contributed by atoms with Crippen molar-refractivity contribution in [1.29, 1.82) is 0 Å². The molecule has 2 rings (SSSR count). The Morgan fingerprint density at radius 2 is 2.47 bits per heavy atom. The van der Waals surface area contributed by atoms with Gasteiger partial charge in [-0.15, -0.1) is 11.8 Å². The van der Waals surface area contributed by atoms with Crippen LogP contribution in [-0.2, 0) is 4.79 Å². The molecule has 1 aromatic rings. The predicted octanol–water partition coefficient (Wildman–Crippen LogP) is 1.66. The van der Waals surface area contributed by atoms with E-state index in [2.05, 4.69) is 10.6 Å². The van der Waals surface area contributed by atoms with Crippen LogP contribution in [0.2, 0.25) is 0 Å². The van der Waals surface area contributed by atoms with E-state index in [1.165, 1.54) is 18.2 Å². The molecule has 5 heteroatoms. The van der Waals surface area contributed by atoms with Crippen LogP contribution in [0.25, 0.3) is 0 Å². The summed E-state index contributed by atoms with van der Waals surface area (Å²) in [5.41, 5.74) is 0. The van der Waals surface area contributed by atoms with Crippen LogP contribution in [-0.4, -0.2) is 37.9 Å². The zero-order valence-electron chi connectivity index (χ0n) is 11.1. The Morgan fingerprint density at radius 3 is 3.21 bits per heavy atom. The maximum Gasteiger partial charge on any atom is 0.230 e. The van der Waals surface area contributed by atoms with Crippen molar-refractivity contribution in [3.05, 3.63) is 24.3 Å². The third-order valence-electron chi connectivity index (χ3n) is 3.12. The Morgan fingerprint density at radius 1 is 1.58 bits per heavy atom. The zero-order valence-corrected chi connectivity index (χ0v) is 12.0. The number of ether oxygens (including phenoxy) is 1. The molecule has 1 amide bonds. The molecule has 1 aliphatic rings. The number of rotatable bonds is 6. The zero-order chi connectivity index (χ0) is 13.5. The minimum atomic E-state index is 0.0847. The number of nitrogens with one attached hydrogen (secondary N) is 2. The minimum Gasteiger partial charge on any atom is -0.497 e. The highest BCUT2D eigenvalue weighted by Crippen LogP contribution is 2.22. The second-order valence-corrected chi connectivity index (χ2v) is 5.61. The monoisotopic (exact) mass is 280 g/mol. The van der Waals surface area contributed by atoms with Gasteiger partial charge in [0.2, 0.25) is 5.91 Å². The molecular formula is C14H20N2O2S. The van der Waals surface area contributed by atoms with Crippen molar-refractivity contribution in [2.75, 3.05) is 26.0 Å². The summed E-state index contributed by atoms with van der Waals surface area (Å²) in [6.45, 7) is 1.80. The summed E-state index contributed by atoms with van der Waals surface area (Å²) in [5.74, 6) is 1.35. The lowest BCUT2D eigenvalue weighted by Crippen LogP contribution is -2.37. The number of hydrogen-bond donors (Lipinski definition) is 2. The Labute approximate surface area is 118 Å². The van der Waals surface area contributed by atoms with E-state index in [9.17, 15) is 4.79 Å². The molecule has 104 valence electrons. The fourth-order valence-corrected chi connectivity index (χ4v) is 2.83. The number of carbonyl (C=O) groups is 1. The Balaban J connectivity index is 1.70. The van der Waals surface area contributed by atoms with Crippen LogP contribution in [0.1, 0.15) is 12.8 Å². The molecule has 4 nitrogen and oxygen atoms in total. The number of amides is 1. The van der Waals surface area contributed by atoms with Gasteiger partial charge in [0.05, 0.1) is 12.9 Å². The summed E-state index contributed by atoms with van der Waals surface area (Å²) in [6.07, 6.45) is 2.36. The molecular weight excluding hydrogens is 260 g/mol. The summed E-state index contributed by atoms with van der Waals surface area (Å²) in [5, 5.41) is 6.33. The minimum absolute atomic E-state index is 0.0847. The molecule has 0 spiro atoms. The lowest BCUT2D eigenvalue weighted by molar-refractivity contribution is -0.118. The van der Waals surface area contributed by atoms with Crippen LogP contribution in [0.5, 0.6) is 5.75 Å². The number of thioether (sulfide) groups is 1. The van der Waals surface area contributed by atoms with Crippen molar-refractivity contribution in [2.24, 2.45) is 0 Å². The Kier molecular flexibility index (Phi) is 5.54. The van der Waals surface area contributed by atoms with Crippen LogP contribution in [0.3, 0.4) is 0 Å². The van der Waals surface area contributed by atoms with Crippen molar-refractivity contribution in [1.82, 2.24) is 10.6 Å². The van der Waals surface area contributed by atoms with E-state index in [1.54, 1.807) is 7.11 Å². The summed E-state index contributed by atoms with van der Waals surface area (Å²) < 4.78 is 5.15. The molecule has 0 aromatic heterocycles. The summed E-state index contributed by atoms with van der Waals surface area (Å²) in [7, 11) is 1.64. The van der Waals surface area contributed by atoms with Crippen molar-refractivity contribution >= 4 is 17.7 Å². The highest BCUT2D eigenvalue weighted by atomic mass is 32.2. The van der Waals surface area contributed by atoms with E-state index < -0.39 is 0 Å². The Bertz CT molecular complexity index is 420. The maximum atomic E-state index is 11.7. The van der Waals surface area contributed by atoms with Crippen molar-refractivity contribution in [3.8, 4) is 5.75 Å². The first-order valence-electron chi connectivity index (χ1n) is 6.55. The van der Waals surface area contributed by atoms with E-state index in [1.807, 2.05) is 24.3 Å². The third-order valence-corrected chi connectivity index (χ3v) is 4.11. The molecule has 1 unspecified atom stereocenters. The number of methoxy groups -OCH3 is 1. The van der Waals surface area contributed by atoms with E-state index in [-0.39, 0.29) is 5.91 Å². The molecule has 1 atom stereocenters. The van der Waals surface area contributed by atoms with Gasteiger partial charge in [-0.05, 0) is 37.6 Å². The normalized spacial score (nSPS) is 18.3. The Hall–Kier alpha value is -1.20. The molecule has 1 aromatic carbocycles. The first kappa shape index (κ1) is 14.2. The fourth-order valence-electron chi connectivity index (χ4n) is 2.06. The van der Waals surface area contributed by atoms with Crippen molar-refractivity contribution < 1.29 is 9.53 Å². The van der Waals surface area contributed by atoms with Crippen molar-refractivity contribution in [2.45, 2.75) is 23.8 Å². The van der Waals surface area contributed by atoms with E-state index in [0.717, 1.165) is 30.2 Å². The highest BCUT2D eigenvalue weighted by molar-refractivity contribution is 8.00. The number of carbonyl (C=O) groups excluding carboxylic acids is 1. The lowest BCUT2D eigenvalue weighted by Gasteiger charge is -2.11. The molecule has 0 saturated carbocycles. The molecule has 0 aliphatic carbocycles. The van der Waals surface area contributed by atoms with Gasteiger partial charge in [0.25, 0.3) is 0 Å². The van der Waals surface area contributed by atoms with Gasteiger partial charge in [-0.3, -0.25) is 4.79 Å². The van der Waals surface area contributed by atoms with Gasteiger partial charge in [-0.1, -0.05) is 6.07 Å². The summed E-state index contributed by atoms with van der Waals surface area (Å²) in [6, 6.07) is 8.21. The van der Waals surface area contributed by atoms with Gasteiger partial charge in [0.15, 0.2) is 0 Å². The molecule has 2 N–H and O–H groups in total. The highest BCUT2D eigenvalue weighted by Gasteiger charge is 2.14. The van der Waals surface area contributed by atoms with E-state index >= 15 is 0 Å². The molecule has 0 bridgehead atoms. The van der Waals surface area contributed by atoms with Crippen LogP contribution < -0.4 is 15.4 Å². The summed E-state index contributed by atoms with van der Waals surface area (Å²) >= 11 is 1.53. The number of benzene rings is 1. The first-order valence-corrected chi connectivity index (χ1v) is 7.53. The topological polar surface area (TPSA) is 50.4 Å². The molecule has 19 heavy (non-hydrogen) atoms. The summed E-state index contributed by atoms with van der Waals surface area (Å²) in [4.78, 5) is 12.8. The van der Waals surface area contributed by atoms with Gasteiger partial charge >= 0.3 is 0 Å². The van der Waals surface area contributed by atoms with E-state index in [4.69, 9.17) is 4.74 Å². The van der Waals surface area contributed by atoms with Gasteiger partial charge in [-0.2, -0.15) is 0 Å². The van der Waals surface area contributed by atoms with Crippen LogP contribution in [0.4, 0.5) is 0 Å². The van der Waals surface area contributed by atoms with E-state index in [0.29, 0.717) is 11.8 Å².